The Bertz CT molecular complexity index is 1800. The van der Waals surface area contributed by atoms with Crippen LogP contribution in [0.4, 0.5) is 0 Å². The molecule has 0 aliphatic carbocycles. The van der Waals surface area contributed by atoms with Crippen LogP contribution in [0.25, 0.3) is 33.5 Å². The largest absolute Gasteiger partial charge is 0.466 e. The summed E-state index contributed by atoms with van der Waals surface area (Å²) < 4.78 is 7.32. The first-order valence-electron chi connectivity index (χ1n) is 15.2. The van der Waals surface area contributed by atoms with E-state index >= 15 is 0 Å². The van der Waals surface area contributed by atoms with Gasteiger partial charge in [-0.25, -0.2) is 4.98 Å². The van der Waals surface area contributed by atoms with Crippen LogP contribution < -0.4 is 0 Å². The van der Waals surface area contributed by atoms with Gasteiger partial charge in [0.1, 0.15) is 11.9 Å². The fraction of sp³-hybridized carbons (Fsp3) is 0.333. The zero-order valence-corrected chi connectivity index (χ0v) is 25.7. The van der Waals surface area contributed by atoms with Crippen molar-refractivity contribution in [2.24, 2.45) is 0 Å². The number of imidazole rings is 1. The summed E-state index contributed by atoms with van der Waals surface area (Å²) in [6.45, 7) is 4.42. The van der Waals surface area contributed by atoms with Crippen molar-refractivity contribution in [3.05, 3.63) is 93.8 Å². The van der Waals surface area contributed by atoms with Gasteiger partial charge in [-0.15, -0.1) is 20.3 Å². The average molecular weight is 626 g/mol. The predicted octanol–water partition coefficient (Wildman–Crippen LogP) is 5.90. The molecule has 1 unspecified atom stereocenters. The van der Waals surface area contributed by atoms with Crippen molar-refractivity contribution >= 4 is 22.8 Å². The maximum Gasteiger partial charge on any atom is 0.306 e. The van der Waals surface area contributed by atoms with E-state index in [0.717, 1.165) is 33.6 Å². The Hall–Kier alpha value is -5.46. The van der Waals surface area contributed by atoms with Crippen LogP contribution in [0.1, 0.15) is 67.2 Å². The molecule has 0 saturated carbocycles. The topological polar surface area (TPSA) is 168 Å². The number of rotatable bonds is 16. The van der Waals surface area contributed by atoms with Gasteiger partial charge < -0.3 is 14.1 Å². The number of ketones is 1. The van der Waals surface area contributed by atoms with Crippen molar-refractivity contribution in [2.45, 2.75) is 65.0 Å². The number of hydrogen-bond acceptors (Lipinski definition) is 10. The third-order valence-electron chi connectivity index (χ3n) is 7.81. The summed E-state index contributed by atoms with van der Waals surface area (Å²) >= 11 is 0. The molecule has 0 amide bonds. The van der Waals surface area contributed by atoms with Crippen LogP contribution in [-0.4, -0.2) is 59.7 Å². The number of tetrazole rings is 1. The molecule has 1 atom stereocenters. The molecule has 0 radical (unpaired) electrons. The van der Waals surface area contributed by atoms with Gasteiger partial charge in [0.05, 0.1) is 24.1 Å². The first kappa shape index (κ1) is 31.9. The highest BCUT2D eigenvalue weighted by atomic mass is 17.0. The van der Waals surface area contributed by atoms with Gasteiger partial charge >= 0.3 is 5.97 Å². The first-order valence-corrected chi connectivity index (χ1v) is 15.2. The number of esters is 1. The van der Waals surface area contributed by atoms with Crippen molar-refractivity contribution in [3.63, 3.8) is 0 Å². The summed E-state index contributed by atoms with van der Waals surface area (Å²) in [6, 6.07) is 21.5. The number of benzene rings is 3. The van der Waals surface area contributed by atoms with Gasteiger partial charge in [-0.1, -0.05) is 61.5 Å². The van der Waals surface area contributed by atoms with Crippen molar-refractivity contribution in [3.8, 4) is 22.5 Å². The van der Waals surface area contributed by atoms with E-state index in [2.05, 4.69) is 25.5 Å². The molecule has 2 aromatic heterocycles. The molecule has 3 aromatic carbocycles. The van der Waals surface area contributed by atoms with E-state index in [0.29, 0.717) is 49.1 Å². The predicted molar refractivity (Wildman–Crippen MR) is 169 cm³/mol. The monoisotopic (exact) mass is 625 g/mol. The second kappa shape index (κ2) is 15.0. The van der Waals surface area contributed by atoms with Gasteiger partial charge in [-0.2, -0.15) is 5.21 Å². The van der Waals surface area contributed by atoms with E-state index in [-0.39, 0.29) is 25.2 Å². The number of Topliss-reactive ketones (excluding diaryl/α,β-unsaturated/α-hetero) is 1. The first-order chi connectivity index (χ1) is 22.3. The Labute approximate surface area is 265 Å². The summed E-state index contributed by atoms with van der Waals surface area (Å²) in [6.07, 6.45) is 1.71. The molecule has 5 aromatic rings. The van der Waals surface area contributed by atoms with Gasteiger partial charge in [0.2, 0.25) is 5.82 Å². The van der Waals surface area contributed by atoms with Crippen LogP contribution in [-0.2, 0) is 20.9 Å². The zero-order valence-electron chi connectivity index (χ0n) is 25.7. The quantitative estimate of drug-likeness (QED) is 0.0458. The lowest BCUT2D eigenvalue weighted by Crippen LogP contribution is -2.16. The molecule has 0 aliphatic rings. The number of nitrogens with zero attached hydrogens (tertiary/aromatic N) is 6. The molecule has 0 saturated heterocycles. The Kier molecular flexibility index (Phi) is 10.4. The fourth-order valence-corrected chi connectivity index (χ4v) is 5.43. The number of fused-ring (bicyclic) bond motifs is 1. The van der Waals surface area contributed by atoms with Crippen LogP contribution in [0.5, 0.6) is 0 Å². The molecule has 0 spiro atoms. The Morgan fingerprint density at radius 1 is 1.00 bits per heavy atom. The average Bonchev–Trinajstić information content (AvgIpc) is 3.71. The number of carbonyl (C=O) groups is 2. The Balaban J connectivity index is 1.21. The zero-order chi connectivity index (χ0) is 32.5. The highest BCUT2D eigenvalue weighted by Gasteiger charge is 2.19. The summed E-state index contributed by atoms with van der Waals surface area (Å²) in [5, 5.41) is 24.2. The number of carbonyl (C=O) groups excluding carboxylic acids is 2. The summed E-state index contributed by atoms with van der Waals surface area (Å²) in [7, 11) is 0. The molecule has 2 heterocycles. The van der Waals surface area contributed by atoms with Gasteiger partial charge in [-0.05, 0) is 66.6 Å². The molecule has 0 bridgehead atoms. The van der Waals surface area contributed by atoms with Gasteiger partial charge in [0.25, 0.3) is 5.09 Å². The van der Waals surface area contributed by atoms with Gasteiger partial charge in [0, 0.05) is 24.1 Å². The summed E-state index contributed by atoms with van der Waals surface area (Å²) in [5.74, 6) is 0.670. The highest BCUT2D eigenvalue weighted by Crippen LogP contribution is 2.30. The Morgan fingerprint density at radius 3 is 2.50 bits per heavy atom. The maximum absolute atomic E-state index is 13.3. The molecule has 13 nitrogen and oxygen atoms in total. The van der Waals surface area contributed by atoms with Gasteiger partial charge in [0.15, 0.2) is 5.78 Å². The molecule has 0 fully saturated rings. The number of hydrogen-bond donors (Lipinski definition) is 1. The second-order valence-corrected chi connectivity index (χ2v) is 10.9. The van der Waals surface area contributed by atoms with E-state index in [1.54, 1.807) is 12.1 Å². The number of nitrogens with one attached hydrogen (secondary N) is 1. The van der Waals surface area contributed by atoms with Crippen molar-refractivity contribution in [1.82, 2.24) is 30.2 Å². The van der Waals surface area contributed by atoms with Crippen molar-refractivity contribution in [1.29, 1.82) is 0 Å². The second-order valence-electron chi connectivity index (χ2n) is 10.9. The van der Waals surface area contributed by atoms with E-state index in [1.807, 2.05) is 73.0 Å². The van der Waals surface area contributed by atoms with E-state index < -0.39 is 17.2 Å². The summed E-state index contributed by atoms with van der Waals surface area (Å²) in [5.41, 5.74) is 5.84. The Morgan fingerprint density at radius 2 is 1.78 bits per heavy atom. The lowest BCUT2D eigenvalue weighted by molar-refractivity contribution is -0.768. The highest BCUT2D eigenvalue weighted by molar-refractivity contribution is 6.07. The van der Waals surface area contributed by atoms with E-state index in [4.69, 9.17) is 9.72 Å². The minimum absolute atomic E-state index is 0.00520. The molecule has 0 aliphatic heterocycles. The van der Waals surface area contributed by atoms with Crippen LogP contribution in [0.15, 0.2) is 66.7 Å². The molecule has 1 N–H and O–H groups in total. The molecule has 5 rings (SSSR count). The lowest BCUT2D eigenvalue weighted by Gasteiger charge is -2.12. The minimum atomic E-state index is -0.779. The molecule has 46 heavy (non-hydrogen) atoms. The minimum Gasteiger partial charge on any atom is -0.466 e. The van der Waals surface area contributed by atoms with Crippen LogP contribution in [0, 0.1) is 17.0 Å². The number of aryl methyl sites for hydroxylation is 1. The third-order valence-corrected chi connectivity index (χ3v) is 7.81. The number of aromatic amines is 1. The number of H-pyrrole nitrogens is 1. The lowest BCUT2D eigenvalue weighted by atomic mass is 9.98. The number of ether oxygens (including phenoxy) is 1. The molecular formula is C33H35N7O6. The van der Waals surface area contributed by atoms with Crippen LogP contribution in [0.3, 0.4) is 0 Å². The molecule has 238 valence electrons. The SMILES string of the molecule is CCC(CCCCOC(=O)CCC(=O)c1cccc2nc(C)n(Cc3ccc(-c4ccccc4-c4nn[nH]n4)cc3)c12)O[N+](=O)[O-]. The van der Waals surface area contributed by atoms with E-state index in [1.165, 1.54) is 0 Å². The van der Waals surface area contributed by atoms with Crippen LogP contribution in [0.2, 0.25) is 0 Å². The van der Waals surface area contributed by atoms with E-state index in [9.17, 15) is 19.7 Å². The summed E-state index contributed by atoms with van der Waals surface area (Å²) in [4.78, 5) is 45.5. The van der Waals surface area contributed by atoms with Gasteiger partial charge in [-0.3, -0.25) is 9.59 Å². The number of unbranched alkanes of at least 4 members (excludes halogenated alkanes) is 1. The smallest absolute Gasteiger partial charge is 0.306 e. The fourth-order valence-electron chi connectivity index (χ4n) is 5.43. The van der Waals surface area contributed by atoms with Crippen LogP contribution >= 0.6 is 0 Å². The van der Waals surface area contributed by atoms with Crippen molar-refractivity contribution < 1.29 is 24.3 Å². The molecular weight excluding hydrogens is 590 g/mol. The maximum atomic E-state index is 13.3. The standard InChI is InChI=1S/C33H35N7O6/c1-3-25(46-40(43)44)9-6-7-20-45-31(42)19-18-30(41)28-12-8-13-29-32(28)39(22(2)34-29)21-23-14-16-24(17-15-23)26-10-4-5-11-27(26)33-35-37-38-36-33/h4-5,8,10-17,25H,3,6-7,9,18-21H2,1-2H3,(H,35,36,37,38). The third kappa shape index (κ3) is 7.78. The number of para-hydroxylation sites is 1. The molecule has 13 heteroatoms. The van der Waals surface area contributed by atoms with Crippen molar-refractivity contribution in [2.75, 3.05) is 6.61 Å². The normalized spacial score (nSPS) is 11.8. The number of aromatic nitrogens is 6.